The smallest absolute Gasteiger partial charge is 0.0304 e. The number of thiol groups is 1. The molecule has 0 heterocycles. The Labute approximate surface area is 99.6 Å². The quantitative estimate of drug-likeness (QED) is 0.582. The van der Waals surface area contributed by atoms with Crippen LogP contribution in [-0.4, -0.2) is 5.75 Å². The molecule has 0 fully saturated rings. The molecule has 0 saturated heterocycles. The Hall–Kier alpha value is -0.390. The first-order valence-corrected chi connectivity index (χ1v) is 5.94. The number of aryl methyl sites for hydroxylation is 2. The fraction of sp³-hybridized carbons (Fsp3) is 0.333. The fourth-order valence-electron chi connectivity index (χ4n) is 1.31. The number of halogens is 1. The second-order valence-corrected chi connectivity index (χ2v) is 4.55. The van der Waals surface area contributed by atoms with Crippen molar-refractivity contribution < 1.29 is 0 Å². The van der Waals surface area contributed by atoms with Crippen molar-refractivity contribution in [3.8, 4) is 11.8 Å². The van der Waals surface area contributed by atoms with E-state index in [4.69, 9.17) is 0 Å². The molecule has 0 aliphatic carbocycles. The van der Waals surface area contributed by atoms with Crippen LogP contribution in [0.5, 0.6) is 0 Å². The van der Waals surface area contributed by atoms with Gasteiger partial charge in [-0.2, -0.15) is 12.6 Å². The minimum absolute atomic E-state index is 0.821. The Balaban J connectivity index is 3.04. The van der Waals surface area contributed by atoms with Crippen molar-refractivity contribution in [2.24, 2.45) is 0 Å². The molecule has 0 radical (unpaired) electrons. The highest BCUT2D eigenvalue weighted by molar-refractivity contribution is 9.10. The molecule has 0 amide bonds. The van der Waals surface area contributed by atoms with E-state index in [1.807, 2.05) is 0 Å². The Morgan fingerprint density at radius 1 is 1.29 bits per heavy atom. The second-order valence-electron chi connectivity index (χ2n) is 3.19. The van der Waals surface area contributed by atoms with Gasteiger partial charge in [0.05, 0.1) is 0 Å². The van der Waals surface area contributed by atoms with Crippen LogP contribution >= 0.6 is 28.6 Å². The third-order valence-corrected chi connectivity index (χ3v) is 2.63. The average Bonchev–Trinajstić information content (AvgIpc) is 2.09. The Morgan fingerprint density at radius 3 is 2.36 bits per heavy atom. The van der Waals surface area contributed by atoms with Gasteiger partial charge in [0, 0.05) is 22.2 Å². The maximum absolute atomic E-state index is 4.13. The molecule has 0 atom stereocenters. The van der Waals surface area contributed by atoms with Crippen LogP contribution in [0.15, 0.2) is 16.6 Å². The van der Waals surface area contributed by atoms with Gasteiger partial charge in [0.2, 0.25) is 0 Å². The monoisotopic (exact) mass is 268 g/mol. The molecule has 1 rings (SSSR count). The molecule has 0 spiro atoms. The van der Waals surface area contributed by atoms with Crippen molar-refractivity contribution in [2.75, 3.05) is 5.75 Å². The van der Waals surface area contributed by atoms with E-state index < -0.39 is 0 Å². The van der Waals surface area contributed by atoms with E-state index in [-0.39, 0.29) is 0 Å². The molecule has 0 aromatic heterocycles. The van der Waals surface area contributed by atoms with Gasteiger partial charge in [-0.05, 0) is 37.1 Å². The van der Waals surface area contributed by atoms with E-state index >= 15 is 0 Å². The Morgan fingerprint density at radius 2 is 1.86 bits per heavy atom. The van der Waals surface area contributed by atoms with Crippen LogP contribution < -0.4 is 0 Å². The first-order chi connectivity index (χ1) is 6.65. The summed E-state index contributed by atoms with van der Waals surface area (Å²) in [7, 11) is 0. The van der Waals surface area contributed by atoms with Crippen LogP contribution in [0.3, 0.4) is 0 Å². The molecule has 0 unspecified atom stereocenters. The summed E-state index contributed by atoms with van der Waals surface area (Å²) < 4.78 is 1.12. The van der Waals surface area contributed by atoms with Crippen molar-refractivity contribution in [3.63, 3.8) is 0 Å². The van der Waals surface area contributed by atoms with Crippen LogP contribution in [0.1, 0.15) is 23.1 Å². The third-order valence-electron chi connectivity index (χ3n) is 1.95. The van der Waals surface area contributed by atoms with Gasteiger partial charge in [0.1, 0.15) is 0 Å². The van der Waals surface area contributed by atoms with Gasteiger partial charge in [-0.1, -0.05) is 27.8 Å². The van der Waals surface area contributed by atoms with Crippen molar-refractivity contribution in [3.05, 3.63) is 33.3 Å². The normalized spacial score (nSPS) is 9.43. The zero-order chi connectivity index (χ0) is 10.6. The number of benzene rings is 1. The molecule has 0 saturated carbocycles. The number of hydrogen-bond donors (Lipinski definition) is 1. The lowest BCUT2D eigenvalue weighted by atomic mass is 10.0. The number of rotatable bonds is 1. The molecule has 14 heavy (non-hydrogen) atoms. The summed E-state index contributed by atoms with van der Waals surface area (Å²) in [5.41, 5.74) is 3.60. The predicted octanol–water partition coefficient (Wildman–Crippen LogP) is 3.74. The van der Waals surface area contributed by atoms with E-state index in [0.29, 0.717) is 0 Å². The van der Waals surface area contributed by atoms with Gasteiger partial charge >= 0.3 is 0 Å². The topological polar surface area (TPSA) is 0 Å². The average molecular weight is 269 g/mol. The third kappa shape index (κ3) is 3.08. The summed E-state index contributed by atoms with van der Waals surface area (Å²) in [4.78, 5) is 0. The Bertz CT molecular complexity index is 362. The summed E-state index contributed by atoms with van der Waals surface area (Å²) in [5.74, 6) is 7.12. The molecular weight excluding hydrogens is 256 g/mol. The lowest BCUT2D eigenvalue weighted by Crippen LogP contribution is -1.87. The minimum atomic E-state index is 0.821. The SMILES string of the molecule is Cc1cc(Br)cc(C)c1C#CCCS. The van der Waals surface area contributed by atoms with Gasteiger partial charge in [-0.15, -0.1) is 0 Å². The zero-order valence-electron chi connectivity index (χ0n) is 8.39. The molecule has 0 bridgehead atoms. The highest BCUT2D eigenvalue weighted by atomic mass is 79.9. The van der Waals surface area contributed by atoms with Crippen LogP contribution in [0.2, 0.25) is 0 Å². The summed E-state index contributed by atoms with van der Waals surface area (Å²) >= 11 is 7.59. The second kappa shape index (κ2) is 5.48. The first-order valence-electron chi connectivity index (χ1n) is 4.51. The molecule has 0 N–H and O–H groups in total. The van der Waals surface area contributed by atoms with Gasteiger partial charge < -0.3 is 0 Å². The van der Waals surface area contributed by atoms with E-state index in [9.17, 15) is 0 Å². The van der Waals surface area contributed by atoms with Crippen LogP contribution in [0.25, 0.3) is 0 Å². The van der Waals surface area contributed by atoms with Crippen molar-refractivity contribution in [1.82, 2.24) is 0 Å². The maximum atomic E-state index is 4.13. The molecule has 1 aromatic carbocycles. The molecule has 1 aromatic rings. The van der Waals surface area contributed by atoms with Crippen LogP contribution in [-0.2, 0) is 0 Å². The Kier molecular flexibility index (Phi) is 4.57. The largest absolute Gasteiger partial charge is 0.178 e. The van der Waals surface area contributed by atoms with Crippen molar-refractivity contribution >= 4 is 28.6 Å². The minimum Gasteiger partial charge on any atom is -0.178 e. The van der Waals surface area contributed by atoms with E-state index in [0.717, 1.165) is 22.2 Å². The highest BCUT2D eigenvalue weighted by Gasteiger charge is 2.00. The van der Waals surface area contributed by atoms with Crippen molar-refractivity contribution in [2.45, 2.75) is 20.3 Å². The predicted molar refractivity (Wildman–Crippen MR) is 69.0 cm³/mol. The lowest BCUT2D eigenvalue weighted by Gasteiger charge is -2.03. The van der Waals surface area contributed by atoms with Crippen molar-refractivity contribution in [1.29, 1.82) is 0 Å². The molecule has 0 nitrogen and oxygen atoms in total. The summed E-state index contributed by atoms with van der Waals surface area (Å²) in [6, 6.07) is 4.19. The maximum Gasteiger partial charge on any atom is 0.0304 e. The molecule has 74 valence electrons. The highest BCUT2D eigenvalue weighted by Crippen LogP contribution is 2.19. The van der Waals surface area contributed by atoms with E-state index in [1.54, 1.807) is 0 Å². The molecule has 2 heteroatoms. The number of hydrogen-bond acceptors (Lipinski definition) is 1. The summed E-state index contributed by atoms with van der Waals surface area (Å²) in [6.07, 6.45) is 0.845. The van der Waals surface area contributed by atoms with Crippen LogP contribution in [0.4, 0.5) is 0 Å². The summed E-state index contributed by atoms with van der Waals surface area (Å²) in [6.45, 7) is 4.17. The van der Waals surface area contributed by atoms with Crippen LogP contribution in [0, 0.1) is 25.7 Å². The standard InChI is InChI=1S/C12H13BrS/c1-9-7-11(13)8-10(2)12(9)5-3-4-6-14/h7-8,14H,4,6H2,1-2H3. The molecule has 0 aliphatic heterocycles. The fourth-order valence-corrected chi connectivity index (χ4v) is 2.11. The van der Waals surface area contributed by atoms with Gasteiger partial charge in [0.15, 0.2) is 0 Å². The van der Waals surface area contributed by atoms with E-state index in [2.05, 4.69) is 66.4 Å². The molecule has 0 aliphatic rings. The zero-order valence-corrected chi connectivity index (χ0v) is 10.9. The lowest BCUT2D eigenvalue weighted by molar-refractivity contribution is 1.29. The first kappa shape index (κ1) is 11.7. The van der Waals surface area contributed by atoms with E-state index in [1.165, 1.54) is 11.1 Å². The molecular formula is C12H13BrS. The van der Waals surface area contributed by atoms with Gasteiger partial charge in [-0.25, -0.2) is 0 Å². The summed E-state index contributed by atoms with van der Waals surface area (Å²) in [5, 5.41) is 0. The van der Waals surface area contributed by atoms with Gasteiger partial charge in [-0.3, -0.25) is 0 Å². The van der Waals surface area contributed by atoms with Gasteiger partial charge in [0.25, 0.3) is 0 Å².